The molecule has 0 radical (unpaired) electrons. The lowest BCUT2D eigenvalue weighted by Crippen LogP contribution is -2.12. The molecule has 0 spiro atoms. The Bertz CT molecular complexity index is 676. The van der Waals surface area contributed by atoms with Crippen LogP contribution in [0.5, 0.6) is 5.75 Å². The van der Waals surface area contributed by atoms with Gasteiger partial charge >= 0.3 is 0 Å². The number of anilines is 1. The molecule has 5 heteroatoms. The van der Waals surface area contributed by atoms with E-state index in [1.54, 1.807) is 0 Å². The maximum atomic E-state index is 12.3. The van der Waals surface area contributed by atoms with Crippen molar-refractivity contribution >= 4 is 34.8 Å². The predicted molar refractivity (Wildman–Crippen MR) is 96.1 cm³/mol. The second-order valence-electron chi connectivity index (χ2n) is 5.36. The lowest BCUT2D eigenvalue weighted by atomic mass is 9.98. The molecule has 0 fully saturated rings. The lowest BCUT2D eigenvalue weighted by molar-refractivity contribution is 0.102. The van der Waals surface area contributed by atoms with Gasteiger partial charge in [-0.25, -0.2) is 0 Å². The molecular weight excluding hydrogens is 333 g/mol. The number of nitrogens with one attached hydrogen (secondary N) is 1. The summed E-state index contributed by atoms with van der Waals surface area (Å²) in [7, 11) is 1.48. The van der Waals surface area contributed by atoms with Crippen molar-refractivity contribution in [1.82, 2.24) is 0 Å². The SMILES string of the molecule is CC[C@H](C)c1ccc(NC(=O)c2cc(Cl)c(OC)c(Cl)c2)cc1. The summed E-state index contributed by atoms with van der Waals surface area (Å²) in [6.45, 7) is 4.33. The Morgan fingerprint density at radius 3 is 2.22 bits per heavy atom. The number of halogens is 2. The maximum Gasteiger partial charge on any atom is 0.255 e. The van der Waals surface area contributed by atoms with Crippen molar-refractivity contribution < 1.29 is 9.53 Å². The monoisotopic (exact) mass is 351 g/mol. The van der Waals surface area contributed by atoms with Crippen molar-refractivity contribution in [2.24, 2.45) is 0 Å². The molecular formula is C18H19Cl2NO2. The highest BCUT2D eigenvalue weighted by atomic mass is 35.5. The van der Waals surface area contributed by atoms with Crippen LogP contribution >= 0.6 is 23.2 Å². The van der Waals surface area contributed by atoms with Gasteiger partial charge in [-0.1, -0.05) is 49.2 Å². The van der Waals surface area contributed by atoms with Crippen LogP contribution < -0.4 is 10.1 Å². The van der Waals surface area contributed by atoms with Crippen molar-refractivity contribution in [3.63, 3.8) is 0 Å². The summed E-state index contributed by atoms with van der Waals surface area (Å²) >= 11 is 12.1. The molecule has 0 heterocycles. The minimum atomic E-state index is -0.271. The number of carbonyl (C=O) groups excluding carboxylic acids is 1. The van der Waals surface area contributed by atoms with Crippen LogP contribution in [0.3, 0.4) is 0 Å². The van der Waals surface area contributed by atoms with Crippen molar-refractivity contribution in [1.29, 1.82) is 0 Å². The largest absolute Gasteiger partial charge is 0.494 e. The van der Waals surface area contributed by atoms with Crippen LogP contribution in [-0.4, -0.2) is 13.0 Å². The topological polar surface area (TPSA) is 38.3 Å². The van der Waals surface area contributed by atoms with Crippen LogP contribution in [0, 0.1) is 0 Å². The van der Waals surface area contributed by atoms with Gasteiger partial charge < -0.3 is 10.1 Å². The van der Waals surface area contributed by atoms with Crippen molar-refractivity contribution in [3.05, 3.63) is 57.6 Å². The van der Waals surface area contributed by atoms with Crippen LogP contribution in [0.4, 0.5) is 5.69 Å². The fraction of sp³-hybridized carbons (Fsp3) is 0.278. The summed E-state index contributed by atoms with van der Waals surface area (Å²) < 4.78 is 5.08. The Morgan fingerprint density at radius 1 is 1.17 bits per heavy atom. The van der Waals surface area contributed by atoms with E-state index in [-0.39, 0.29) is 5.91 Å². The van der Waals surface area contributed by atoms with Gasteiger partial charge in [-0.2, -0.15) is 0 Å². The first kappa shape index (κ1) is 17.6. The zero-order valence-electron chi connectivity index (χ0n) is 13.3. The van der Waals surface area contributed by atoms with E-state index in [4.69, 9.17) is 27.9 Å². The Kier molecular flexibility index (Phi) is 5.91. The molecule has 2 aromatic carbocycles. The summed E-state index contributed by atoms with van der Waals surface area (Å²) in [6, 6.07) is 10.9. The van der Waals surface area contributed by atoms with Crippen LogP contribution in [0.2, 0.25) is 10.0 Å². The molecule has 0 aliphatic carbocycles. The van der Waals surface area contributed by atoms with Gasteiger partial charge in [0.25, 0.3) is 5.91 Å². The number of hydrogen-bond acceptors (Lipinski definition) is 2. The van der Waals surface area contributed by atoms with Crippen molar-refractivity contribution in [3.8, 4) is 5.75 Å². The van der Waals surface area contributed by atoms with E-state index in [0.717, 1.165) is 12.1 Å². The third-order valence-corrected chi connectivity index (χ3v) is 4.38. The van der Waals surface area contributed by atoms with Crippen molar-refractivity contribution in [2.75, 3.05) is 12.4 Å². The molecule has 0 unspecified atom stereocenters. The summed E-state index contributed by atoms with van der Waals surface area (Å²) in [6.07, 6.45) is 1.08. The fourth-order valence-corrected chi connectivity index (χ4v) is 2.86. The first-order valence-electron chi connectivity index (χ1n) is 7.40. The second kappa shape index (κ2) is 7.71. The van der Waals surface area contributed by atoms with E-state index in [1.807, 2.05) is 24.3 Å². The van der Waals surface area contributed by atoms with E-state index < -0.39 is 0 Å². The first-order valence-corrected chi connectivity index (χ1v) is 8.16. The number of carbonyl (C=O) groups is 1. The molecule has 0 aromatic heterocycles. The molecule has 0 saturated heterocycles. The zero-order chi connectivity index (χ0) is 17.0. The summed E-state index contributed by atoms with van der Waals surface area (Å²) in [5, 5.41) is 3.44. The molecule has 1 amide bonds. The van der Waals surface area contributed by atoms with Gasteiger partial charge in [0, 0.05) is 11.3 Å². The van der Waals surface area contributed by atoms with Gasteiger partial charge in [0.2, 0.25) is 0 Å². The fourth-order valence-electron chi connectivity index (χ4n) is 2.22. The summed E-state index contributed by atoms with van der Waals surface area (Å²) in [5.41, 5.74) is 2.36. The molecule has 3 nitrogen and oxygen atoms in total. The minimum Gasteiger partial charge on any atom is -0.494 e. The number of hydrogen-bond donors (Lipinski definition) is 1. The summed E-state index contributed by atoms with van der Waals surface area (Å²) in [5.74, 6) is 0.592. The highest BCUT2D eigenvalue weighted by Gasteiger charge is 2.14. The number of ether oxygens (including phenoxy) is 1. The molecule has 2 rings (SSSR count). The first-order chi connectivity index (χ1) is 11.0. The quantitative estimate of drug-likeness (QED) is 0.742. The normalized spacial score (nSPS) is 11.9. The Hall–Kier alpha value is -1.71. The minimum absolute atomic E-state index is 0.271. The standard InChI is InChI=1S/C18H19Cl2NO2/c1-4-11(2)12-5-7-14(8-6-12)21-18(22)13-9-15(19)17(23-3)16(20)10-13/h5-11H,4H2,1-3H3,(H,21,22)/t11-/m0/s1. The molecule has 2 aromatic rings. The third-order valence-electron chi connectivity index (χ3n) is 3.81. The maximum absolute atomic E-state index is 12.3. The van der Waals surface area contributed by atoms with Crippen LogP contribution in [0.25, 0.3) is 0 Å². The number of methoxy groups -OCH3 is 1. The van der Waals surface area contributed by atoms with Crippen LogP contribution in [-0.2, 0) is 0 Å². The Morgan fingerprint density at radius 2 is 1.74 bits per heavy atom. The molecule has 1 atom stereocenters. The third kappa shape index (κ3) is 4.18. The van der Waals surface area contributed by atoms with E-state index in [0.29, 0.717) is 27.3 Å². The van der Waals surface area contributed by atoms with Gasteiger partial charge in [-0.05, 0) is 42.2 Å². The molecule has 0 bridgehead atoms. The average molecular weight is 352 g/mol. The lowest BCUT2D eigenvalue weighted by Gasteiger charge is -2.11. The van der Waals surface area contributed by atoms with Gasteiger partial charge in [0.15, 0.2) is 5.75 Å². The van der Waals surface area contributed by atoms with E-state index in [1.165, 1.54) is 24.8 Å². The molecule has 23 heavy (non-hydrogen) atoms. The number of amides is 1. The Labute approximate surface area is 146 Å². The van der Waals surface area contributed by atoms with Gasteiger partial charge in [-0.15, -0.1) is 0 Å². The van der Waals surface area contributed by atoms with Crippen molar-refractivity contribution in [2.45, 2.75) is 26.2 Å². The average Bonchev–Trinajstić information content (AvgIpc) is 2.54. The van der Waals surface area contributed by atoms with Gasteiger partial charge in [0.05, 0.1) is 17.2 Å². The second-order valence-corrected chi connectivity index (χ2v) is 6.17. The van der Waals surface area contributed by atoms with Crippen LogP contribution in [0.1, 0.15) is 42.1 Å². The van der Waals surface area contributed by atoms with Gasteiger partial charge in [-0.3, -0.25) is 4.79 Å². The highest BCUT2D eigenvalue weighted by Crippen LogP contribution is 2.34. The van der Waals surface area contributed by atoms with E-state index >= 15 is 0 Å². The van der Waals surface area contributed by atoms with Crippen LogP contribution in [0.15, 0.2) is 36.4 Å². The molecule has 0 aliphatic rings. The number of rotatable bonds is 5. The molecule has 0 aliphatic heterocycles. The van der Waals surface area contributed by atoms with E-state index in [2.05, 4.69) is 19.2 Å². The molecule has 1 N–H and O–H groups in total. The molecule has 122 valence electrons. The smallest absolute Gasteiger partial charge is 0.255 e. The van der Waals surface area contributed by atoms with E-state index in [9.17, 15) is 4.79 Å². The molecule has 0 saturated carbocycles. The van der Waals surface area contributed by atoms with Gasteiger partial charge in [0.1, 0.15) is 0 Å². The number of benzene rings is 2. The Balaban J connectivity index is 2.16. The predicted octanol–water partition coefficient (Wildman–Crippen LogP) is 5.77. The highest BCUT2D eigenvalue weighted by molar-refractivity contribution is 6.37. The zero-order valence-corrected chi connectivity index (χ0v) is 14.8. The summed E-state index contributed by atoms with van der Waals surface area (Å²) in [4.78, 5) is 12.3.